The number of nitrogens with one attached hydrogen (secondary N) is 2. The van der Waals surface area contributed by atoms with Gasteiger partial charge >= 0.3 is 0 Å². The largest absolute Gasteiger partial charge is 0.454 e. The van der Waals surface area contributed by atoms with Crippen LogP contribution < -0.4 is 15.4 Å². The van der Waals surface area contributed by atoms with Crippen LogP contribution in [0.1, 0.15) is 66.9 Å². The summed E-state index contributed by atoms with van der Waals surface area (Å²) < 4.78 is 22.5. The molecule has 6 rings (SSSR count). The van der Waals surface area contributed by atoms with Crippen molar-refractivity contribution in [1.82, 2.24) is 10.2 Å². The number of fused-ring (bicyclic) bond motifs is 4. The van der Waals surface area contributed by atoms with E-state index in [0.29, 0.717) is 43.3 Å². The second kappa shape index (κ2) is 11.7. The van der Waals surface area contributed by atoms with Crippen molar-refractivity contribution >= 4 is 28.2 Å². The summed E-state index contributed by atoms with van der Waals surface area (Å²) in [5.74, 6) is -0.771. The molecule has 226 valence electrons. The minimum atomic E-state index is -0.638. The van der Waals surface area contributed by atoms with Gasteiger partial charge in [0.25, 0.3) is 5.91 Å². The molecule has 8 heteroatoms. The molecule has 1 saturated heterocycles. The second-order valence-electron chi connectivity index (χ2n) is 13.0. The van der Waals surface area contributed by atoms with E-state index in [1.165, 1.54) is 6.07 Å². The summed E-state index contributed by atoms with van der Waals surface area (Å²) >= 11 is 0. The average molecular weight is 586 g/mol. The van der Waals surface area contributed by atoms with Crippen LogP contribution in [-0.4, -0.2) is 61.0 Å². The Labute approximate surface area is 252 Å². The van der Waals surface area contributed by atoms with Crippen LogP contribution in [0, 0.1) is 11.2 Å². The topological polar surface area (TPSA) is 90.9 Å². The molecule has 2 atom stereocenters. The monoisotopic (exact) mass is 585 g/mol. The number of nitrogens with zero attached hydrogens (tertiary/aromatic N) is 1. The molecule has 1 amide bonds. The Bertz CT molecular complexity index is 1610. The molecule has 2 bridgehead atoms. The predicted octanol–water partition coefficient (Wildman–Crippen LogP) is 5.95. The number of aliphatic hydroxyl groups is 1. The lowest BCUT2D eigenvalue weighted by atomic mass is 9.82. The number of carbonyl (C=O) groups is 2. The number of hydrogen-bond donors (Lipinski definition) is 3. The zero-order chi connectivity index (χ0) is 30.3. The van der Waals surface area contributed by atoms with Crippen LogP contribution in [0.3, 0.4) is 0 Å². The number of benzene rings is 3. The third-order valence-corrected chi connectivity index (χ3v) is 9.26. The molecule has 3 aromatic carbocycles. The first-order chi connectivity index (χ1) is 20.6. The van der Waals surface area contributed by atoms with Crippen LogP contribution in [0.25, 0.3) is 10.8 Å². The quantitative estimate of drug-likeness (QED) is 0.283. The van der Waals surface area contributed by atoms with E-state index < -0.39 is 22.9 Å². The highest BCUT2D eigenvalue weighted by Crippen LogP contribution is 2.49. The number of halogens is 1. The molecule has 3 aliphatic rings. The number of anilines is 1. The van der Waals surface area contributed by atoms with Gasteiger partial charge in [-0.05, 0) is 86.1 Å². The zero-order valence-corrected chi connectivity index (χ0v) is 25.1. The maximum Gasteiger partial charge on any atom is 0.254 e. The summed E-state index contributed by atoms with van der Waals surface area (Å²) in [7, 11) is 2.10. The summed E-state index contributed by atoms with van der Waals surface area (Å²) in [5.41, 5.74) is 1.39. The molecule has 2 heterocycles. The van der Waals surface area contributed by atoms with Gasteiger partial charge in [-0.3, -0.25) is 9.59 Å². The number of Topliss-reactive ketones (excluding diaryl/α,β-unsaturated/α-hetero) is 1. The smallest absolute Gasteiger partial charge is 0.254 e. The van der Waals surface area contributed by atoms with E-state index in [1.54, 1.807) is 6.08 Å². The van der Waals surface area contributed by atoms with E-state index in [4.69, 9.17) is 4.74 Å². The van der Waals surface area contributed by atoms with Crippen molar-refractivity contribution in [3.05, 3.63) is 76.6 Å². The van der Waals surface area contributed by atoms with Crippen molar-refractivity contribution in [3.63, 3.8) is 0 Å². The van der Waals surface area contributed by atoms with Crippen LogP contribution in [0.2, 0.25) is 0 Å². The fraction of sp³-hybridized carbons (Fsp3) is 0.429. The lowest BCUT2D eigenvalue weighted by molar-refractivity contribution is -0.117. The summed E-state index contributed by atoms with van der Waals surface area (Å²) in [6.45, 7) is 5.49. The van der Waals surface area contributed by atoms with Crippen molar-refractivity contribution < 1.29 is 23.8 Å². The van der Waals surface area contributed by atoms with Gasteiger partial charge in [-0.1, -0.05) is 44.2 Å². The maximum absolute atomic E-state index is 15.9. The van der Waals surface area contributed by atoms with E-state index in [1.807, 2.05) is 44.2 Å². The van der Waals surface area contributed by atoms with E-state index in [0.717, 1.165) is 42.1 Å². The Balaban J connectivity index is 1.41. The minimum absolute atomic E-state index is 0.0439. The molecule has 1 fully saturated rings. The fourth-order valence-corrected chi connectivity index (χ4v) is 6.54. The number of ketones is 1. The van der Waals surface area contributed by atoms with Gasteiger partial charge in [-0.15, -0.1) is 0 Å². The Morgan fingerprint density at radius 2 is 1.95 bits per heavy atom. The predicted molar refractivity (Wildman–Crippen MR) is 167 cm³/mol. The van der Waals surface area contributed by atoms with Crippen molar-refractivity contribution in [2.45, 2.75) is 57.9 Å². The lowest BCUT2D eigenvalue weighted by Crippen LogP contribution is -2.34. The van der Waals surface area contributed by atoms with Crippen LogP contribution in [0.5, 0.6) is 11.5 Å². The molecular formula is C35H40FN3O4. The summed E-state index contributed by atoms with van der Waals surface area (Å²) in [5, 5.41) is 18.0. The van der Waals surface area contributed by atoms with Gasteiger partial charge in [0.2, 0.25) is 0 Å². The normalized spacial score (nSPS) is 21.2. The molecule has 0 saturated carbocycles. The summed E-state index contributed by atoms with van der Waals surface area (Å²) in [6, 6.07) is 13.7. The van der Waals surface area contributed by atoms with Gasteiger partial charge in [-0.25, -0.2) is 4.39 Å². The van der Waals surface area contributed by atoms with E-state index in [2.05, 4.69) is 28.6 Å². The first-order valence-electron chi connectivity index (χ1n) is 15.3. The molecule has 0 aromatic heterocycles. The average Bonchev–Trinajstić information content (AvgIpc) is 3.32. The minimum Gasteiger partial charge on any atom is -0.454 e. The third-order valence-electron chi connectivity index (χ3n) is 9.26. The number of carbonyl (C=O) groups excluding carboxylic acids is 2. The molecule has 0 spiro atoms. The molecule has 2 aliphatic heterocycles. The summed E-state index contributed by atoms with van der Waals surface area (Å²) in [4.78, 5) is 29.8. The van der Waals surface area contributed by atoms with Gasteiger partial charge < -0.3 is 25.4 Å². The Morgan fingerprint density at radius 3 is 2.67 bits per heavy atom. The van der Waals surface area contributed by atoms with Gasteiger partial charge in [-0.2, -0.15) is 0 Å². The molecule has 3 N–H and O–H groups in total. The number of likely N-dealkylation sites (tertiary alicyclic amines) is 1. The molecule has 2 unspecified atom stereocenters. The SMILES string of the molecule is CN1CCCC1CCNC(=O)/C1=C/CC2Cc3c(cc(F)c(NCC(C)(C)CO)c3Oc3cc4ccccc4cc32)C1=O. The molecule has 3 aromatic rings. The van der Waals surface area contributed by atoms with Crippen LogP contribution in [0.4, 0.5) is 10.1 Å². The van der Waals surface area contributed by atoms with Crippen LogP contribution in [0.15, 0.2) is 54.1 Å². The highest BCUT2D eigenvalue weighted by molar-refractivity contribution is 6.26. The maximum atomic E-state index is 15.9. The van der Waals surface area contributed by atoms with Gasteiger partial charge in [0.1, 0.15) is 11.4 Å². The van der Waals surface area contributed by atoms with Crippen LogP contribution in [-0.2, 0) is 11.2 Å². The van der Waals surface area contributed by atoms with Gasteiger partial charge in [0, 0.05) is 42.3 Å². The fourth-order valence-electron chi connectivity index (χ4n) is 6.54. The van der Waals surface area contributed by atoms with Gasteiger partial charge in [0.15, 0.2) is 17.3 Å². The molecule has 1 aliphatic carbocycles. The Morgan fingerprint density at radius 1 is 1.19 bits per heavy atom. The molecule has 0 radical (unpaired) electrons. The molecular weight excluding hydrogens is 545 g/mol. The number of amides is 1. The van der Waals surface area contributed by atoms with Crippen molar-refractivity contribution in [2.75, 3.05) is 38.6 Å². The number of ether oxygens (including phenoxy) is 1. The van der Waals surface area contributed by atoms with E-state index >= 15 is 4.39 Å². The third kappa shape index (κ3) is 5.78. The Kier molecular flexibility index (Phi) is 8.00. The highest BCUT2D eigenvalue weighted by atomic mass is 19.1. The number of rotatable bonds is 8. The second-order valence-corrected chi connectivity index (χ2v) is 13.0. The summed E-state index contributed by atoms with van der Waals surface area (Å²) in [6.07, 6.45) is 5.72. The number of aliphatic hydroxyl groups excluding tert-OH is 1. The Hall–Kier alpha value is -3.75. The van der Waals surface area contributed by atoms with Crippen LogP contribution >= 0.6 is 0 Å². The van der Waals surface area contributed by atoms with E-state index in [9.17, 15) is 14.7 Å². The van der Waals surface area contributed by atoms with Gasteiger partial charge in [0.05, 0.1) is 5.57 Å². The highest BCUT2D eigenvalue weighted by Gasteiger charge is 2.35. The number of allylic oxidation sites excluding steroid dienone is 1. The standard InChI is InChI=1S/C35H40FN3O4/c1-35(2,20-40)19-38-31-29(36)18-27-28-16-23(26-15-21-7-4-5-8-22(21)17-30(26)43-33(28)31)10-11-25(32(27)41)34(42)37-13-12-24-9-6-14-39(24)3/h4-5,7-8,11,15,17-18,23-24,38,40H,6,9-10,12-14,16,19-20H2,1-3H3,(H,37,42)/b25-11+. The lowest BCUT2D eigenvalue weighted by Gasteiger charge is -2.25. The zero-order valence-electron chi connectivity index (χ0n) is 25.1. The van der Waals surface area contributed by atoms with E-state index in [-0.39, 0.29) is 35.1 Å². The van der Waals surface area contributed by atoms with Crippen molar-refractivity contribution in [3.8, 4) is 11.5 Å². The van der Waals surface area contributed by atoms with Crippen molar-refractivity contribution in [2.24, 2.45) is 5.41 Å². The number of hydrogen-bond acceptors (Lipinski definition) is 6. The first kappa shape index (κ1) is 29.3. The molecule has 7 nitrogen and oxygen atoms in total. The first-order valence-corrected chi connectivity index (χ1v) is 15.3. The molecule has 43 heavy (non-hydrogen) atoms. The van der Waals surface area contributed by atoms with Crippen molar-refractivity contribution in [1.29, 1.82) is 0 Å².